The van der Waals surface area contributed by atoms with Crippen molar-refractivity contribution in [3.8, 4) is 0 Å². The van der Waals surface area contributed by atoms with E-state index >= 15 is 0 Å². The van der Waals surface area contributed by atoms with Crippen molar-refractivity contribution in [2.75, 3.05) is 6.61 Å². The maximum atomic E-state index is 13.3. The SMILES string of the molecule is Cc1c(F)cccc1[C@@H](N)C(C)(C)CO.Cl. The average molecular weight is 248 g/mol. The Morgan fingerprint density at radius 1 is 1.44 bits per heavy atom. The fraction of sp³-hybridized carbons (Fsp3) is 0.500. The van der Waals surface area contributed by atoms with Gasteiger partial charge in [0.1, 0.15) is 5.82 Å². The van der Waals surface area contributed by atoms with Crippen molar-refractivity contribution < 1.29 is 9.50 Å². The van der Waals surface area contributed by atoms with Crippen molar-refractivity contribution in [3.63, 3.8) is 0 Å². The third-order valence-electron chi connectivity index (χ3n) is 2.89. The second-order valence-corrected chi connectivity index (χ2v) is 4.58. The van der Waals surface area contributed by atoms with Crippen LogP contribution in [-0.2, 0) is 0 Å². The normalized spacial score (nSPS) is 13.1. The molecule has 1 aromatic rings. The molecule has 4 heteroatoms. The van der Waals surface area contributed by atoms with Crippen molar-refractivity contribution in [2.45, 2.75) is 26.8 Å². The summed E-state index contributed by atoms with van der Waals surface area (Å²) in [6.45, 7) is 5.41. The summed E-state index contributed by atoms with van der Waals surface area (Å²) in [6, 6.07) is 4.50. The number of benzene rings is 1. The summed E-state index contributed by atoms with van der Waals surface area (Å²) in [5.41, 5.74) is 6.90. The average Bonchev–Trinajstić information content (AvgIpc) is 2.21. The number of rotatable bonds is 3. The third-order valence-corrected chi connectivity index (χ3v) is 2.89. The van der Waals surface area contributed by atoms with Crippen LogP contribution in [-0.4, -0.2) is 11.7 Å². The van der Waals surface area contributed by atoms with Gasteiger partial charge in [0, 0.05) is 18.1 Å². The highest BCUT2D eigenvalue weighted by Crippen LogP contribution is 2.32. The van der Waals surface area contributed by atoms with E-state index in [0.29, 0.717) is 5.56 Å². The minimum atomic E-state index is -0.446. The second kappa shape index (κ2) is 5.62. The summed E-state index contributed by atoms with van der Waals surface area (Å²) in [4.78, 5) is 0. The minimum absolute atomic E-state index is 0. The number of halogens is 2. The van der Waals surface area contributed by atoms with E-state index in [2.05, 4.69) is 0 Å². The van der Waals surface area contributed by atoms with Gasteiger partial charge in [0.15, 0.2) is 0 Å². The standard InChI is InChI=1S/C12H18FNO.ClH/c1-8-9(5-4-6-10(8)13)11(14)12(2,3)7-15;/h4-6,11,15H,7,14H2,1-3H3;1H/t11-;/m1./s1. The Bertz CT molecular complexity index is 355. The van der Waals surface area contributed by atoms with E-state index in [9.17, 15) is 9.50 Å². The van der Waals surface area contributed by atoms with E-state index in [4.69, 9.17) is 5.73 Å². The molecule has 0 spiro atoms. The molecule has 0 fully saturated rings. The van der Waals surface area contributed by atoms with Gasteiger partial charge in [-0.25, -0.2) is 4.39 Å². The van der Waals surface area contributed by atoms with Gasteiger partial charge < -0.3 is 10.8 Å². The predicted octanol–water partition coefficient (Wildman–Crippen LogP) is 2.57. The highest BCUT2D eigenvalue weighted by molar-refractivity contribution is 5.85. The van der Waals surface area contributed by atoms with Gasteiger partial charge in [-0.2, -0.15) is 0 Å². The first-order chi connectivity index (χ1) is 6.90. The molecule has 92 valence electrons. The van der Waals surface area contributed by atoms with Crippen LogP contribution in [0.1, 0.15) is 31.0 Å². The molecule has 0 amide bonds. The van der Waals surface area contributed by atoms with Gasteiger partial charge in [-0.05, 0) is 24.1 Å². The van der Waals surface area contributed by atoms with E-state index in [0.717, 1.165) is 5.56 Å². The molecule has 0 radical (unpaired) electrons. The van der Waals surface area contributed by atoms with Gasteiger partial charge >= 0.3 is 0 Å². The van der Waals surface area contributed by atoms with Crippen LogP contribution in [0.3, 0.4) is 0 Å². The van der Waals surface area contributed by atoms with Gasteiger partial charge in [0.2, 0.25) is 0 Å². The smallest absolute Gasteiger partial charge is 0.126 e. The molecule has 1 atom stereocenters. The third kappa shape index (κ3) is 2.94. The van der Waals surface area contributed by atoms with Crippen LogP contribution in [0, 0.1) is 18.2 Å². The van der Waals surface area contributed by atoms with Crippen molar-refractivity contribution in [1.82, 2.24) is 0 Å². The summed E-state index contributed by atoms with van der Waals surface area (Å²) >= 11 is 0. The fourth-order valence-electron chi connectivity index (χ4n) is 1.48. The second-order valence-electron chi connectivity index (χ2n) is 4.58. The zero-order chi connectivity index (χ0) is 11.6. The van der Waals surface area contributed by atoms with Gasteiger partial charge in [0.05, 0.1) is 0 Å². The lowest BCUT2D eigenvalue weighted by Gasteiger charge is -2.30. The first-order valence-electron chi connectivity index (χ1n) is 5.01. The molecule has 0 unspecified atom stereocenters. The quantitative estimate of drug-likeness (QED) is 0.863. The maximum absolute atomic E-state index is 13.3. The first-order valence-corrected chi connectivity index (χ1v) is 5.01. The number of nitrogens with two attached hydrogens (primary N) is 1. The van der Waals surface area contributed by atoms with Gasteiger partial charge in [-0.3, -0.25) is 0 Å². The molecule has 2 nitrogen and oxygen atoms in total. The molecule has 16 heavy (non-hydrogen) atoms. The number of aliphatic hydroxyl groups is 1. The summed E-state index contributed by atoms with van der Waals surface area (Å²) in [6.07, 6.45) is 0. The molecule has 0 bridgehead atoms. The lowest BCUT2D eigenvalue weighted by Crippen LogP contribution is -2.33. The molecule has 0 heterocycles. The molecule has 3 N–H and O–H groups in total. The largest absolute Gasteiger partial charge is 0.396 e. The van der Waals surface area contributed by atoms with E-state index in [1.54, 1.807) is 19.1 Å². The van der Waals surface area contributed by atoms with Gasteiger partial charge in [-0.15, -0.1) is 12.4 Å². The van der Waals surface area contributed by atoms with Crippen LogP contribution in [0.5, 0.6) is 0 Å². The molecule has 0 saturated carbocycles. The van der Waals surface area contributed by atoms with E-state index in [1.807, 2.05) is 13.8 Å². The summed E-state index contributed by atoms with van der Waals surface area (Å²) in [5, 5.41) is 9.21. The Hall–Kier alpha value is -0.640. The number of hydrogen-bond donors (Lipinski definition) is 2. The monoisotopic (exact) mass is 247 g/mol. The summed E-state index contributed by atoms with van der Waals surface area (Å²) < 4.78 is 13.3. The molecule has 0 aromatic heterocycles. The van der Waals surface area contributed by atoms with Crippen LogP contribution in [0.4, 0.5) is 4.39 Å². The Balaban J connectivity index is 0.00000225. The molecular weight excluding hydrogens is 229 g/mol. The molecular formula is C12H19ClFNO. The lowest BCUT2D eigenvalue weighted by atomic mass is 9.80. The fourth-order valence-corrected chi connectivity index (χ4v) is 1.48. The predicted molar refractivity (Wildman–Crippen MR) is 66.2 cm³/mol. The molecule has 1 aromatic carbocycles. The highest BCUT2D eigenvalue weighted by atomic mass is 35.5. The van der Waals surface area contributed by atoms with Crippen LogP contribution in [0.2, 0.25) is 0 Å². The Labute approximate surface area is 102 Å². The Morgan fingerprint density at radius 2 is 2.00 bits per heavy atom. The zero-order valence-corrected chi connectivity index (χ0v) is 10.6. The maximum Gasteiger partial charge on any atom is 0.126 e. The van der Waals surface area contributed by atoms with E-state index in [-0.39, 0.29) is 30.9 Å². The van der Waals surface area contributed by atoms with Crippen LogP contribution >= 0.6 is 12.4 Å². The molecule has 0 aliphatic heterocycles. The topological polar surface area (TPSA) is 46.2 Å². The molecule has 1 rings (SSSR count). The van der Waals surface area contributed by atoms with Crippen LogP contribution in [0.15, 0.2) is 18.2 Å². The highest BCUT2D eigenvalue weighted by Gasteiger charge is 2.28. The minimum Gasteiger partial charge on any atom is -0.396 e. The van der Waals surface area contributed by atoms with E-state index < -0.39 is 5.41 Å². The Kier molecular flexibility index (Phi) is 5.39. The van der Waals surface area contributed by atoms with Gasteiger partial charge in [-0.1, -0.05) is 26.0 Å². The van der Waals surface area contributed by atoms with Crippen molar-refractivity contribution >= 4 is 12.4 Å². The Morgan fingerprint density at radius 3 is 2.50 bits per heavy atom. The van der Waals surface area contributed by atoms with Crippen LogP contribution < -0.4 is 5.73 Å². The van der Waals surface area contributed by atoms with Crippen LogP contribution in [0.25, 0.3) is 0 Å². The first kappa shape index (κ1) is 15.4. The van der Waals surface area contributed by atoms with Crippen molar-refractivity contribution in [1.29, 1.82) is 0 Å². The van der Waals surface area contributed by atoms with E-state index in [1.165, 1.54) is 6.07 Å². The number of hydrogen-bond acceptors (Lipinski definition) is 2. The summed E-state index contributed by atoms with van der Waals surface area (Å²) in [7, 11) is 0. The molecule has 0 saturated heterocycles. The van der Waals surface area contributed by atoms with Crippen molar-refractivity contribution in [2.24, 2.45) is 11.1 Å². The van der Waals surface area contributed by atoms with Gasteiger partial charge in [0.25, 0.3) is 0 Å². The summed E-state index contributed by atoms with van der Waals surface area (Å²) in [5.74, 6) is -0.253. The molecule has 0 aliphatic rings. The zero-order valence-electron chi connectivity index (χ0n) is 9.83. The van der Waals surface area contributed by atoms with Crippen molar-refractivity contribution in [3.05, 3.63) is 35.1 Å². The molecule has 0 aliphatic carbocycles. The number of aliphatic hydroxyl groups excluding tert-OH is 1. The lowest BCUT2D eigenvalue weighted by molar-refractivity contribution is 0.132.